The minimum atomic E-state index is -0.353. The Morgan fingerprint density at radius 2 is 0.935 bits per heavy atom. The van der Waals surface area contributed by atoms with Gasteiger partial charge in [-0.1, -0.05) is 72.8 Å². The molecule has 4 heterocycles. The molecule has 234 valence electrons. The molecule has 2 aromatic carbocycles. The number of benzene rings is 2. The van der Waals surface area contributed by atoms with Crippen LogP contribution in [0.25, 0.3) is 11.0 Å². The molecule has 0 aliphatic heterocycles. The lowest BCUT2D eigenvalue weighted by Gasteiger charge is -2.09. The van der Waals surface area contributed by atoms with Crippen LogP contribution in [0.2, 0.25) is 0 Å². The van der Waals surface area contributed by atoms with Gasteiger partial charge in [-0.05, 0) is 70.8 Å². The SMILES string of the molecule is CCOC(=O)c1c(SCc2ccccc2)c(SSc2c(SCc3ccccc3)c(C(=O)OCC)n3ccccc23)c2ccccn12. The van der Waals surface area contributed by atoms with Gasteiger partial charge in [0.1, 0.15) is 11.4 Å². The first-order valence-corrected chi connectivity index (χ1v) is 19.0. The Morgan fingerprint density at radius 3 is 1.33 bits per heavy atom. The number of thioether (sulfide) groups is 2. The molecule has 6 rings (SSSR count). The van der Waals surface area contributed by atoms with E-state index in [1.54, 1.807) is 45.1 Å². The summed E-state index contributed by atoms with van der Waals surface area (Å²) in [7, 11) is 3.20. The molecule has 0 unspecified atom stereocenters. The molecule has 10 heteroatoms. The topological polar surface area (TPSA) is 61.4 Å². The molecule has 46 heavy (non-hydrogen) atoms. The Kier molecular flexibility index (Phi) is 10.7. The number of rotatable bonds is 13. The molecule has 0 saturated carbocycles. The fourth-order valence-corrected chi connectivity index (χ4v) is 10.6. The van der Waals surface area contributed by atoms with Crippen molar-refractivity contribution in [1.29, 1.82) is 0 Å². The number of pyridine rings is 2. The van der Waals surface area contributed by atoms with Crippen molar-refractivity contribution >= 4 is 68.1 Å². The van der Waals surface area contributed by atoms with Gasteiger partial charge < -0.3 is 18.3 Å². The average molecular weight is 685 g/mol. The van der Waals surface area contributed by atoms with Crippen LogP contribution in [0.1, 0.15) is 46.0 Å². The van der Waals surface area contributed by atoms with Crippen LogP contribution in [0.15, 0.2) is 129 Å². The van der Waals surface area contributed by atoms with E-state index < -0.39 is 0 Å². The number of esters is 2. The van der Waals surface area contributed by atoms with E-state index >= 15 is 0 Å². The number of carbonyl (C=O) groups excluding carboxylic acids is 2. The molecule has 6 nitrogen and oxygen atoms in total. The van der Waals surface area contributed by atoms with Crippen LogP contribution in [0.5, 0.6) is 0 Å². The fourth-order valence-electron chi connectivity index (χ4n) is 5.07. The Labute approximate surface area is 284 Å². The maximum atomic E-state index is 13.4. The third-order valence-corrected chi connectivity index (χ3v) is 12.2. The summed E-state index contributed by atoms with van der Waals surface area (Å²) in [5.41, 5.74) is 5.22. The summed E-state index contributed by atoms with van der Waals surface area (Å²) < 4.78 is 15.0. The number of hydrogen-bond acceptors (Lipinski definition) is 8. The second kappa shape index (κ2) is 15.3. The first-order valence-electron chi connectivity index (χ1n) is 14.9. The van der Waals surface area contributed by atoms with E-state index in [9.17, 15) is 9.59 Å². The standard InChI is InChI=1S/C36H32N2O4S4/c1-3-41-35(39)29-33(43-23-25-15-7-5-8-16-25)31(27-19-11-13-21-37(27)29)45-46-32-28-20-12-14-22-38(28)30(36(40)42-4-2)34(32)44-24-26-17-9-6-10-18-26/h5-22H,3-4,23-24H2,1-2H3. The monoisotopic (exact) mass is 684 g/mol. The summed E-state index contributed by atoms with van der Waals surface area (Å²) in [6.45, 7) is 4.22. The molecule has 0 amide bonds. The highest BCUT2D eigenvalue weighted by Gasteiger charge is 2.29. The van der Waals surface area contributed by atoms with E-state index in [1.807, 2.05) is 108 Å². The lowest BCUT2D eigenvalue weighted by molar-refractivity contribution is 0.0504. The maximum Gasteiger partial charge on any atom is 0.356 e. The number of ether oxygens (including phenoxy) is 2. The molecule has 0 bridgehead atoms. The molecule has 0 saturated heterocycles. The fraction of sp³-hybridized carbons (Fsp3) is 0.167. The highest BCUT2D eigenvalue weighted by molar-refractivity contribution is 8.76. The van der Waals surface area contributed by atoms with E-state index in [1.165, 1.54) is 11.1 Å². The van der Waals surface area contributed by atoms with Crippen LogP contribution in [0, 0.1) is 0 Å². The van der Waals surface area contributed by atoms with Gasteiger partial charge >= 0.3 is 11.9 Å². The van der Waals surface area contributed by atoms with Gasteiger partial charge in [-0.3, -0.25) is 0 Å². The number of carbonyl (C=O) groups is 2. The van der Waals surface area contributed by atoms with Crippen LogP contribution in [-0.2, 0) is 21.0 Å². The molecule has 4 aromatic heterocycles. The van der Waals surface area contributed by atoms with Crippen LogP contribution in [0.3, 0.4) is 0 Å². The lowest BCUT2D eigenvalue weighted by Crippen LogP contribution is -2.09. The second-order valence-corrected chi connectivity index (χ2v) is 14.2. The van der Waals surface area contributed by atoms with Gasteiger partial charge in [-0.25, -0.2) is 9.59 Å². The predicted molar refractivity (Wildman–Crippen MR) is 190 cm³/mol. The summed E-state index contributed by atoms with van der Waals surface area (Å²) in [5, 5.41) is 0. The Hall–Kier alpha value is -3.70. The second-order valence-electron chi connectivity index (χ2n) is 10.1. The van der Waals surface area contributed by atoms with Crippen molar-refractivity contribution in [2.45, 2.75) is 44.9 Å². The van der Waals surface area contributed by atoms with Gasteiger partial charge in [0.2, 0.25) is 0 Å². The zero-order valence-corrected chi connectivity index (χ0v) is 28.6. The van der Waals surface area contributed by atoms with Crippen LogP contribution < -0.4 is 0 Å². The molecular formula is C36H32N2O4S4. The normalized spacial score (nSPS) is 11.3. The van der Waals surface area contributed by atoms with Crippen molar-refractivity contribution < 1.29 is 19.1 Å². The molecule has 0 aliphatic rings. The molecule has 0 N–H and O–H groups in total. The van der Waals surface area contributed by atoms with Crippen LogP contribution in [-0.4, -0.2) is 34.0 Å². The highest BCUT2D eigenvalue weighted by Crippen LogP contribution is 2.52. The van der Waals surface area contributed by atoms with Crippen molar-refractivity contribution in [3.63, 3.8) is 0 Å². The quantitative estimate of drug-likeness (QED) is 0.0677. The summed E-state index contributed by atoms with van der Waals surface area (Å²) >= 11 is 3.27. The van der Waals surface area contributed by atoms with Crippen LogP contribution >= 0.6 is 45.1 Å². The van der Waals surface area contributed by atoms with Crippen molar-refractivity contribution in [3.8, 4) is 0 Å². The van der Waals surface area contributed by atoms with Crippen molar-refractivity contribution in [2.24, 2.45) is 0 Å². The molecule has 0 fully saturated rings. The van der Waals surface area contributed by atoms with Crippen molar-refractivity contribution in [3.05, 3.63) is 132 Å². The Morgan fingerprint density at radius 1 is 0.543 bits per heavy atom. The number of aromatic nitrogens is 2. The predicted octanol–water partition coefficient (Wildman–Crippen LogP) is 9.93. The molecule has 0 spiro atoms. The van der Waals surface area contributed by atoms with Gasteiger partial charge in [-0.15, -0.1) is 23.5 Å². The van der Waals surface area contributed by atoms with Crippen LogP contribution in [0.4, 0.5) is 0 Å². The van der Waals surface area contributed by atoms with Crippen molar-refractivity contribution in [1.82, 2.24) is 8.80 Å². The van der Waals surface area contributed by atoms with Gasteiger partial charge in [0.05, 0.1) is 43.8 Å². The van der Waals surface area contributed by atoms with E-state index in [0.29, 0.717) is 22.9 Å². The minimum absolute atomic E-state index is 0.286. The number of fused-ring (bicyclic) bond motifs is 2. The van der Waals surface area contributed by atoms with Gasteiger partial charge in [0.25, 0.3) is 0 Å². The smallest absolute Gasteiger partial charge is 0.356 e. The van der Waals surface area contributed by atoms with Crippen molar-refractivity contribution in [2.75, 3.05) is 13.2 Å². The summed E-state index contributed by atoms with van der Waals surface area (Å²) in [5.74, 6) is 0.689. The number of hydrogen-bond donors (Lipinski definition) is 0. The molecular weight excluding hydrogens is 653 g/mol. The molecule has 0 aliphatic carbocycles. The Balaban J connectivity index is 1.45. The highest BCUT2D eigenvalue weighted by atomic mass is 33.1. The largest absolute Gasteiger partial charge is 0.461 e. The Bertz CT molecular complexity index is 1830. The van der Waals surface area contributed by atoms with E-state index in [-0.39, 0.29) is 25.2 Å². The average Bonchev–Trinajstić information content (AvgIpc) is 3.58. The third-order valence-electron chi connectivity index (χ3n) is 7.11. The van der Waals surface area contributed by atoms with Gasteiger partial charge in [-0.2, -0.15) is 0 Å². The first kappa shape index (κ1) is 32.2. The van der Waals surface area contributed by atoms with Gasteiger partial charge in [0, 0.05) is 23.9 Å². The van der Waals surface area contributed by atoms with E-state index in [0.717, 1.165) is 30.6 Å². The first-order chi connectivity index (χ1) is 22.6. The van der Waals surface area contributed by atoms with E-state index in [4.69, 9.17) is 9.47 Å². The third kappa shape index (κ3) is 6.85. The van der Waals surface area contributed by atoms with E-state index in [2.05, 4.69) is 24.3 Å². The number of nitrogens with zero attached hydrogens (tertiary/aromatic N) is 2. The molecule has 0 atom stereocenters. The minimum Gasteiger partial charge on any atom is -0.461 e. The maximum absolute atomic E-state index is 13.4. The lowest BCUT2D eigenvalue weighted by atomic mass is 10.2. The molecule has 0 radical (unpaired) electrons. The summed E-state index contributed by atoms with van der Waals surface area (Å²) in [6, 6.07) is 32.4. The zero-order valence-electron chi connectivity index (χ0n) is 25.4. The zero-order chi connectivity index (χ0) is 31.9. The summed E-state index contributed by atoms with van der Waals surface area (Å²) in [6.07, 6.45) is 3.83. The molecule has 6 aromatic rings. The summed E-state index contributed by atoms with van der Waals surface area (Å²) in [4.78, 5) is 30.6. The van der Waals surface area contributed by atoms with Gasteiger partial charge in [0.15, 0.2) is 0 Å².